The van der Waals surface area contributed by atoms with Gasteiger partial charge in [-0.15, -0.1) is 11.3 Å². The van der Waals surface area contributed by atoms with Crippen LogP contribution in [0.4, 0.5) is 0 Å². The molecule has 1 aromatic rings. The van der Waals surface area contributed by atoms with Gasteiger partial charge in [-0.3, -0.25) is 0 Å². The van der Waals surface area contributed by atoms with E-state index in [4.69, 9.17) is 4.74 Å². The summed E-state index contributed by atoms with van der Waals surface area (Å²) in [4.78, 5) is 1.38. The summed E-state index contributed by atoms with van der Waals surface area (Å²) in [7, 11) is 3.83. The van der Waals surface area contributed by atoms with E-state index >= 15 is 0 Å². The van der Waals surface area contributed by atoms with E-state index < -0.39 is 0 Å². The lowest BCUT2D eigenvalue weighted by Crippen LogP contribution is -2.31. The molecule has 1 N–H and O–H groups in total. The molecule has 1 fully saturated rings. The molecular formula is C11H17NOS. The van der Waals surface area contributed by atoms with Gasteiger partial charge in [0.05, 0.1) is 12.1 Å². The SMILES string of the molecule is CNC(c1cccs1)C(OC)C1CC1. The first kappa shape index (κ1) is 10.1. The van der Waals surface area contributed by atoms with Crippen LogP contribution in [0, 0.1) is 5.92 Å². The Morgan fingerprint density at radius 1 is 1.57 bits per heavy atom. The van der Waals surface area contributed by atoms with Crippen molar-refractivity contribution in [2.75, 3.05) is 14.2 Å². The smallest absolute Gasteiger partial charge is 0.0801 e. The van der Waals surface area contributed by atoms with Crippen molar-refractivity contribution in [2.45, 2.75) is 25.0 Å². The number of methoxy groups -OCH3 is 1. The van der Waals surface area contributed by atoms with Crippen LogP contribution in [0.25, 0.3) is 0 Å². The Morgan fingerprint density at radius 3 is 2.79 bits per heavy atom. The molecule has 0 amide bonds. The predicted molar refractivity (Wildman–Crippen MR) is 59.6 cm³/mol. The lowest BCUT2D eigenvalue weighted by molar-refractivity contribution is 0.0541. The Balaban J connectivity index is 2.10. The second kappa shape index (κ2) is 4.43. The van der Waals surface area contributed by atoms with Gasteiger partial charge < -0.3 is 10.1 Å². The second-order valence-corrected chi connectivity index (χ2v) is 4.80. The van der Waals surface area contributed by atoms with Crippen molar-refractivity contribution in [1.82, 2.24) is 5.32 Å². The molecule has 0 bridgehead atoms. The monoisotopic (exact) mass is 211 g/mol. The number of ether oxygens (including phenoxy) is 1. The van der Waals surface area contributed by atoms with Crippen molar-refractivity contribution in [1.29, 1.82) is 0 Å². The highest BCUT2D eigenvalue weighted by molar-refractivity contribution is 7.10. The van der Waals surface area contributed by atoms with Gasteiger partial charge in [-0.05, 0) is 37.3 Å². The van der Waals surface area contributed by atoms with Gasteiger partial charge in [0.25, 0.3) is 0 Å². The zero-order chi connectivity index (χ0) is 9.97. The van der Waals surface area contributed by atoms with Crippen LogP contribution in [0.15, 0.2) is 17.5 Å². The van der Waals surface area contributed by atoms with E-state index in [0.717, 1.165) is 5.92 Å². The number of likely N-dealkylation sites (N-methyl/N-ethyl adjacent to an activating group) is 1. The number of rotatable bonds is 5. The van der Waals surface area contributed by atoms with E-state index in [9.17, 15) is 0 Å². The lowest BCUT2D eigenvalue weighted by atomic mass is 10.1. The third kappa shape index (κ3) is 2.00. The van der Waals surface area contributed by atoms with Crippen LogP contribution in [-0.4, -0.2) is 20.3 Å². The van der Waals surface area contributed by atoms with Gasteiger partial charge in [-0.2, -0.15) is 0 Å². The minimum Gasteiger partial charge on any atom is -0.379 e. The third-order valence-electron chi connectivity index (χ3n) is 2.85. The van der Waals surface area contributed by atoms with Gasteiger partial charge in [0.15, 0.2) is 0 Å². The van der Waals surface area contributed by atoms with Gasteiger partial charge >= 0.3 is 0 Å². The van der Waals surface area contributed by atoms with E-state index in [1.807, 2.05) is 14.2 Å². The minimum absolute atomic E-state index is 0.346. The van der Waals surface area contributed by atoms with Crippen LogP contribution < -0.4 is 5.32 Å². The van der Waals surface area contributed by atoms with Crippen LogP contribution in [-0.2, 0) is 4.74 Å². The topological polar surface area (TPSA) is 21.3 Å². The van der Waals surface area contributed by atoms with Crippen molar-refractivity contribution in [2.24, 2.45) is 5.92 Å². The van der Waals surface area contributed by atoms with Gasteiger partial charge in [0.2, 0.25) is 0 Å². The first-order chi connectivity index (χ1) is 6.86. The summed E-state index contributed by atoms with van der Waals surface area (Å²) in [6, 6.07) is 4.65. The van der Waals surface area contributed by atoms with E-state index in [2.05, 4.69) is 22.8 Å². The summed E-state index contributed by atoms with van der Waals surface area (Å²) in [5.41, 5.74) is 0. The Bertz CT molecular complexity index is 269. The average molecular weight is 211 g/mol. The molecule has 2 atom stereocenters. The molecule has 0 aromatic carbocycles. The fourth-order valence-electron chi connectivity index (χ4n) is 1.96. The molecule has 1 heterocycles. The van der Waals surface area contributed by atoms with Crippen molar-refractivity contribution in [3.05, 3.63) is 22.4 Å². The second-order valence-electron chi connectivity index (χ2n) is 3.82. The molecule has 2 unspecified atom stereocenters. The quantitative estimate of drug-likeness (QED) is 0.807. The third-order valence-corrected chi connectivity index (χ3v) is 3.80. The highest BCUT2D eigenvalue weighted by Crippen LogP contribution is 2.40. The first-order valence-corrected chi connectivity index (χ1v) is 5.98. The Morgan fingerprint density at radius 2 is 2.36 bits per heavy atom. The average Bonchev–Trinajstić information content (AvgIpc) is 2.90. The van der Waals surface area contributed by atoms with Crippen LogP contribution in [0.5, 0.6) is 0 Å². The maximum atomic E-state index is 5.60. The number of hydrogen-bond donors (Lipinski definition) is 1. The fourth-order valence-corrected chi connectivity index (χ4v) is 2.83. The zero-order valence-electron chi connectivity index (χ0n) is 8.69. The normalized spacial score (nSPS) is 20.7. The maximum absolute atomic E-state index is 5.60. The number of thiophene rings is 1. The Labute approximate surface area is 89.3 Å². The molecule has 0 aliphatic heterocycles. The summed E-state index contributed by atoms with van der Waals surface area (Å²) in [5.74, 6) is 0.763. The van der Waals surface area contributed by atoms with E-state index in [1.165, 1.54) is 17.7 Å². The largest absolute Gasteiger partial charge is 0.379 e. The Hall–Kier alpha value is -0.380. The molecular weight excluding hydrogens is 194 g/mol. The molecule has 1 aliphatic rings. The van der Waals surface area contributed by atoms with Crippen molar-refractivity contribution in [3.8, 4) is 0 Å². The van der Waals surface area contributed by atoms with Crippen LogP contribution in [0.1, 0.15) is 23.8 Å². The molecule has 2 nitrogen and oxygen atoms in total. The van der Waals surface area contributed by atoms with Crippen LogP contribution in [0.2, 0.25) is 0 Å². The summed E-state index contributed by atoms with van der Waals surface area (Å²) in [6.45, 7) is 0. The predicted octanol–water partition coefficient (Wildman–Crippen LogP) is 2.43. The van der Waals surface area contributed by atoms with Crippen LogP contribution in [0.3, 0.4) is 0 Å². The van der Waals surface area contributed by atoms with E-state index in [-0.39, 0.29) is 0 Å². The van der Waals surface area contributed by atoms with Gasteiger partial charge in [0, 0.05) is 12.0 Å². The summed E-state index contributed by atoms with van der Waals surface area (Å²) >= 11 is 1.80. The van der Waals surface area contributed by atoms with Crippen molar-refractivity contribution >= 4 is 11.3 Å². The Kier molecular flexibility index (Phi) is 3.21. The summed E-state index contributed by atoms with van der Waals surface area (Å²) in [6.07, 6.45) is 2.99. The molecule has 0 radical (unpaired) electrons. The highest BCUT2D eigenvalue weighted by atomic mass is 32.1. The molecule has 78 valence electrons. The van der Waals surface area contributed by atoms with Gasteiger partial charge in [-0.1, -0.05) is 6.07 Å². The molecule has 1 aromatic heterocycles. The van der Waals surface area contributed by atoms with Crippen LogP contribution >= 0.6 is 11.3 Å². The lowest BCUT2D eigenvalue weighted by Gasteiger charge is -2.24. The molecule has 1 aliphatic carbocycles. The molecule has 2 rings (SSSR count). The number of nitrogens with one attached hydrogen (secondary N) is 1. The molecule has 14 heavy (non-hydrogen) atoms. The summed E-state index contributed by atoms with van der Waals surface area (Å²) < 4.78 is 5.60. The van der Waals surface area contributed by atoms with E-state index in [1.54, 1.807) is 11.3 Å². The number of hydrogen-bond acceptors (Lipinski definition) is 3. The fraction of sp³-hybridized carbons (Fsp3) is 0.636. The molecule has 1 saturated carbocycles. The summed E-state index contributed by atoms with van der Waals surface area (Å²) in [5, 5.41) is 5.49. The first-order valence-electron chi connectivity index (χ1n) is 5.10. The highest BCUT2D eigenvalue weighted by Gasteiger charge is 2.37. The molecule has 3 heteroatoms. The molecule has 0 saturated heterocycles. The van der Waals surface area contributed by atoms with E-state index in [0.29, 0.717) is 12.1 Å². The van der Waals surface area contributed by atoms with Crippen molar-refractivity contribution < 1.29 is 4.74 Å². The van der Waals surface area contributed by atoms with Gasteiger partial charge in [-0.25, -0.2) is 0 Å². The standard InChI is InChI=1S/C11H17NOS/c1-12-10(9-4-3-7-14-9)11(13-2)8-5-6-8/h3-4,7-8,10-12H,5-6H2,1-2H3. The zero-order valence-corrected chi connectivity index (χ0v) is 9.51. The van der Waals surface area contributed by atoms with Crippen molar-refractivity contribution in [3.63, 3.8) is 0 Å². The van der Waals surface area contributed by atoms with Gasteiger partial charge in [0.1, 0.15) is 0 Å². The minimum atomic E-state index is 0.346. The molecule has 0 spiro atoms. The maximum Gasteiger partial charge on any atom is 0.0801 e.